The summed E-state index contributed by atoms with van der Waals surface area (Å²) in [5.41, 5.74) is 6.29. The summed E-state index contributed by atoms with van der Waals surface area (Å²) in [6, 6.07) is 4.30. The van der Waals surface area contributed by atoms with Crippen LogP contribution in [0.25, 0.3) is 0 Å². The Labute approximate surface area is 111 Å². The van der Waals surface area contributed by atoms with Crippen molar-refractivity contribution in [1.29, 1.82) is 0 Å². The number of rotatable bonds is 4. The summed E-state index contributed by atoms with van der Waals surface area (Å²) in [6.07, 6.45) is 0. The van der Waals surface area contributed by atoms with Crippen LogP contribution in [-0.2, 0) is 13.2 Å². The van der Waals surface area contributed by atoms with Crippen LogP contribution in [0.5, 0.6) is 5.75 Å². The van der Waals surface area contributed by atoms with E-state index in [9.17, 15) is 4.39 Å². The topological polar surface area (TPSA) is 48.1 Å². The fraction of sp³-hybridized carbons (Fsp3) is 0.182. The van der Waals surface area contributed by atoms with Gasteiger partial charge in [0.25, 0.3) is 0 Å². The largest absolute Gasteiger partial charge is 0.486 e. The number of ether oxygens (including phenoxy) is 1. The Morgan fingerprint density at radius 2 is 2.29 bits per heavy atom. The van der Waals surface area contributed by atoms with Crippen molar-refractivity contribution in [2.45, 2.75) is 13.2 Å². The number of hydrogen-bond acceptors (Lipinski definition) is 4. The van der Waals surface area contributed by atoms with E-state index in [4.69, 9.17) is 10.5 Å². The molecule has 0 saturated heterocycles. The van der Waals surface area contributed by atoms with Crippen LogP contribution in [-0.4, -0.2) is 4.98 Å². The molecule has 0 bridgehead atoms. The van der Waals surface area contributed by atoms with Crippen molar-refractivity contribution in [3.05, 3.63) is 44.6 Å². The molecule has 1 heterocycles. The van der Waals surface area contributed by atoms with Crippen LogP contribution in [0.4, 0.5) is 4.39 Å². The van der Waals surface area contributed by atoms with E-state index in [0.29, 0.717) is 23.4 Å². The minimum Gasteiger partial charge on any atom is -0.486 e. The van der Waals surface area contributed by atoms with Crippen molar-refractivity contribution in [2.75, 3.05) is 0 Å². The maximum absolute atomic E-state index is 12.8. The third kappa shape index (κ3) is 3.24. The molecule has 0 saturated carbocycles. The van der Waals surface area contributed by atoms with Crippen LogP contribution < -0.4 is 10.5 Å². The summed E-state index contributed by atoms with van der Waals surface area (Å²) >= 11 is 4.74. The molecule has 0 spiro atoms. The monoisotopic (exact) mass is 316 g/mol. The molecule has 0 aliphatic rings. The highest BCUT2D eigenvalue weighted by atomic mass is 79.9. The molecule has 0 fully saturated rings. The average Bonchev–Trinajstić information content (AvgIpc) is 2.76. The maximum Gasteiger partial charge on any atom is 0.134 e. The first-order chi connectivity index (χ1) is 8.19. The van der Waals surface area contributed by atoms with Crippen LogP contribution >= 0.6 is 27.3 Å². The first-order valence-electron chi connectivity index (χ1n) is 4.90. The third-order valence-corrected chi connectivity index (χ3v) is 3.58. The van der Waals surface area contributed by atoms with Gasteiger partial charge in [-0.25, -0.2) is 9.37 Å². The number of hydrogen-bond donors (Lipinski definition) is 1. The molecular formula is C11H10BrFN2OS. The highest BCUT2D eigenvalue weighted by molar-refractivity contribution is 9.10. The van der Waals surface area contributed by atoms with E-state index in [2.05, 4.69) is 20.9 Å². The second-order valence-corrected chi connectivity index (χ2v) is 5.10. The zero-order valence-electron chi connectivity index (χ0n) is 8.82. The van der Waals surface area contributed by atoms with Gasteiger partial charge < -0.3 is 10.5 Å². The first kappa shape index (κ1) is 12.5. The normalized spacial score (nSPS) is 10.5. The molecule has 0 radical (unpaired) electrons. The van der Waals surface area contributed by atoms with Crippen LogP contribution in [0.1, 0.15) is 10.7 Å². The Kier molecular flexibility index (Phi) is 4.09. The fourth-order valence-corrected chi connectivity index (χ4v) is 2.38. The minimum absolute atomic E-state index is 0.302. The molecule has 0 aliphatic carbocycles. The molecule has 2 aromatic rings. The van der Waals surface area contributed by atoms with Gasteiger partial charge in [-0.15, -0.1) is 11.3 Å². The summed E-state index contributed by atoms with van der Waals surface area (Å²) in [7, 11) is 0. The zero-order valence-corrected chi connectivity index (χ0v) is 11.2. The van der Waals surface area contributed by atoms with E-state index in [-0.39, 0.29) is 5.82 Å². The average molecular weight is 317 g/mol. The van der Waals surface area contributed by atoms with E-state index in [1.165, 1.54) is 23.5 Å². The predicted molar refractivity (Wildman–Crippen MR) is 68.4 cm³/mol. The van der Waals surface area contributed by atoms with Crippen molar-refractivity contribution >= 4 is 27.3 Å². The minimum atomic E-state index is -0.302. The van der Waals surface area contributed by atoms with Gasteiger partial charge in [-0.2, -0.15) is 0 Å². The van der Waals surface area contributed by atoms with Crippen molar-refractivity contribution in [3.8, 4) is 5.75 Å². The van der Waals surface area contributed by atoms with Gasteiger partial charge >= 0.3 is 0 Å². The fourth-order valence-electron chi connectivity index (χ4n) is 1.25. The van der Waals surface area contributed by atoms with Gasteiger partial charge in [0.05, 0.1) is 10.2 Å². The lowest BCUT2D eigenvalue weighted by atomic mass is 10.3. The zero-order chi connectivity index (χ0) is 12.3. The Balaban J connectivity index is 2.02. The SMILES string of the molecule is NCc1nc(COc2ccc(F)cc2Br)cs1. The molecule has 90 valence electrons. The molecule has 2 N–H and O–H groups in total. The molecule has 0 atom stereocenters. The summed E-state index contributed by atoms with van der Waals surface area (Å²) < 4.78 is 19.0. The predicted octanol–water partition coefficient (Wildman–Crippen LogP) is 3.08. The Hall–Kier alpha value is -0.980. The lowest BCUT2D eigenvalue weighted by Gasteiger charge is -2.06. The van der Waals surface area contributed by atoms with Gasteiger partial charge in [-0.3, -0.25) is 0 Å². The lowest BCUT2D eigenvalue weighted by Crippen LogP contribution is -1.99. The molecule has 0 unspecified atom stereocenters. The third-order valence-electron chi connectivity index (χ3n) is 2.04. The summed E-state index contributed by atoms with van der Waals surface area (Å²) in [5, 5.41) is 2.78. The molecule has 0 amide bonds. The quantitative estimate of drug-likeness (QED) is 0.943. The summed E-state index contributed by atoms with van der Waals surface area (Å²) in [6.45, 7) is 0.783. The van der Waals surface area contributed by atoms with E-state index >= 15 is 0 Å². The number of aromatic nitrogens is 1. The molecule has 6 heteroatoms. The summed E-state index contributed by atoms with van der Waals surface area (Å²) in [4.78, 5) is 4.27. The molecule has 1 aromatic carbocycles. The standard InChI is InChI=1S/C11H10BrFN2OS/c12-9-3-7(13)1-2-10(9)16-5-8-6-17-11(4-14)15-8/h1-3,6H,4-5,14H2. The van der Waals surface area contributed by atoms with Crippen molar-refractivity contribution in [2.24, 2.45) is 5.73 Å². The maximum atomic E-state index is 12.8. The van der Waals surface area contributed by atoms with Crippen LogP contribution in [0.3, 0.4) is 0 Å². The number of benzene rings is 1. The van der Waals surface area contributed by atoms with Gasteiger partial charge in [0.1, 0.15) is 23.2 Å². The Bertz CT molecular complexity index is 518. The van der Waals surface area contributed by atoms with Crippen LogP contribution in [0, 0.1) is 5.82 Å². The van der Waals surface area contributed by atoms with Crippen LogP contribution in [0.2, 0.25) is 0 Å². The van der Waals surface area contributed by atoms with E-state index in [0.717, 1.165) is 10.7 Å². The van der Waals surface area contributed by atoms with Gasteiger partial charge in [0.15, 0.2) is 0 Å². The molecular weight excluding hydrogens is 307 g/mol. The Morgan fingerprint density at radius 3 is 2.94 bits per heavy atom. The number of halogens is 2. The van der Waals surface area contributed by atoms with Gasteiger partial charge in [-0.05, 0) is 34.1 Å². The first-order valence-corrected chi connectivity index (χ1v) is 6.57. The number of nitrogens with zero attached hydrogens (tertiary/aromatic N) is 1. The van der Waals surface area contributed by atoms with Crippen molar-refractivity contribution in [3.63, 3.8) is 0 Å². The smallest absolute Gasteiger partial charge is 0.134 e. The Morgan fingerprint density at radius 1 is 1.47 bits per heavy atom. The summed E-state index contributed by atoms with van der Waals surface area (Å²) in [5.74, 6) is 0.289. The highest BCUT2D eigenvalue weighted by Crippen LogP contribution is 2.26. The van der Waals surface area contributed by atoms with E-state index in [1.54, 1.807) is 6.07 Å². The van der Waals surface area contributed by atoms with E-state index in [1.807, 2.05) is 5.38 Å². The van der Waals surface area contributed by atoms with Gasteiger partial charge in [0.2, 0.25) is 0 Å². The lowest BCUT2D eigenvalue weighted by molar-refractivity contribution is 0.299. The molecule has 0 aliphatic heterocycles. The number of thiazole rings is 1. The van der Waals surface area contributed by atoms with Crippen molar-refractivity contribution in [1.82, 2.24) is 4.98 Å². The van der Waals surface area contributed by atoms with Gasteiger partial charge in [0, 0.05) is 11.9 Å². The second kappa shape index (κ2) is 5.57. The molecule has 17 heavy (non-hydrogen) atoms. The number of nitrogens with two attached hydrogens (primary N) is 1. The highest BCUT2D eigenvalue weighted by Gasteiger charge is 2.05. The second-order valence-electron chi connectivity index (χ2n) is 3.30. The molecule has 2 rings (SSSR count). The van der Waals surface area contributed by atoms with E-state index < -0.39 is 0 Å². The molecule has 3 nitrogen and oxygen atoms in total. The van der Waals surface area contributed by atoms with Crippen LogP contribution in [0.15, 0.2) is 28.1 Å². The van der Waals surface area contributed by atoms with Crippen molar-refractivity contribution < 1.29 is 9.13 Å². The molecule has 1 aromatic heterocycles. The van der Waals surface area contributed by atoms with Gasteiger partial charge in [-0.1, -0.05) is 0 Å².